The zero-order valence-electron chi connectivity index (χ0n) is 13.8. The van der Waals surface area contributed by atoms with Crippen LogP contribution in [0.4, 0.5) is 11.4 Å². The molecule has 1 unspecified atom stereocenters. The summed E-state index contributed by atoms with van der Waals surface area (Å²) in [6.45, 7) is 7.31. The van der Waals surface area contributed by atoms with Gasteiger partial charge in [-0.2, -0.15) is 0 Å². The lowest BCUT2D eigenvalue weighted by Gasteiger charge is -2.24. The second kappa shape index (κ2) is 8.67. The molecular weight excluding hydrogens is 262 g/mol. The molecule has 0 heterocycles. The predicted octanol–water partition coefficient (Wildman–Crippen LogP) is 3.42. The van der Waals surface area contributed by atoms with E-state index in [2.05, 4.69) is 31.1 Å². The van der Waals surface area contributed by atoms with E-state index in [4.69, 9.17) is 5.73 Å². The van der Waals surface area contributed by atoms with Gasteiger partial charge in [-0.05, 0) is 58.0 Å². The van der Waals surface area contributed by atoms with Crippen LogP contribution in [0.15, 0.2) is 18.2 Å². The summed E-state index contributed by atoms with van der Waals surface area (Å²) in [6, 6.07) is 6.17. The first-order chi connectivity index (χ1) is 9.95. The van der Waals surface area contributed by atoms with Gasteiger partial charge in [0.25, 0.3) is 0 Å². The topological polar surface area (TPSA) is 58.4 Å². The average Bonchev–Trinajstić information content (AvgIpc) is 2.44. The highest BCUT2D eigenvalue weighted by atomic mass is 16.1. The van der Waals surface area contributed by atoms with E-state index < -0.39 is 0 Å². The monoisotopic (exact) mass is 291 g/mol. The standard InChI is InChI=1S/C17H29N3O/c1-5-8-13(2)20(4)12-7-11-17(21)19-16-10-6-9-15(18)14(16)3/h6,9-10,13H,5,7-8,11-12,18H2,1-4H3,(H,19,21). The van der Waals surface area contributed by atoms with Crippen molar-refractivity contribution in [3.8, 4) is 0 Å². The maximum atomic E-state index is 12.0. The molecule has 118 valence electrons. The maximum absolute atomic E-state index is 12.0. The number of hydrogen-bond donors (Lipinski definition) is 2. The van der Waals surface area contributed by atoms with E-state index in [-0.39, 0.29) is 5.91 Å². The van der Waals surface area contributed by atoms with Crippen molar-refractivity contribution in [1.82, 2.24) is 4.90 Å². The van der Waals surface area contributed by atoms with Gasteiger partial charge in [0.05, 0.1) is 0 Å². The molecule has 0 spiro atoms. The first-order valence-corrected chi connectivity index (χ1v) is 7.80. The van der Waals surface area contributed by atoms with Crippen LogP contribution in [0.3, 0.4) is 0 Å². The molecule has 1 rings (SSSR count). The summed E-state index contributed by atoms with van der Waals surface area (Å²) in [5, 5.41) is 2.94. The van der Waals surface area contributed by atoms with Gasteiger partial charge in [0.2, 0.25) is 5.91 Å². The first kappa shape index (κ1) is 17.5. The van der Waals surface area contributed by atoms with Gasteiger partial charge in [0, 0.05) is 23.8 Å². The third kappa shape index (κ3) is 5.76. The fraction of sp³-hybridized carbons (Fsp3) is 0.588. The number of amides is 1. The highest BCUT2D eigenvalue weighted by Gasteiger charge is 2.10. The van der Waals surface area contributed by atoms with Crippen LogP contribution in [-0.2, 0) is 4.79 Å². The van der Waals surface area contributed by atoms with Crippen LogP contribution in [0.25, 0.3) is 0 Å². The van der Waals surface area contributed by atoms with E-state index in [9.17, 15) is 4.79 Å². The largest absolute Gasteiger partial charge is 0.398 e. The Bertz CT molecular complexity index is 459. The van der Waals surface area contributed by atoms with Crippen molar-refractivity contribution in [2.45, 2.75) is 52.5 Å². The number of anilines is 2. The average molecular weight is 291 g/mol. The quantitative estimate of drug-likeness (QED) is 0.722. The molecule has 0 saturated heterocycles. The summed E-state index contributed by atoms with van der Waals surface area (Å²) < 4.78 is 0. The van der Waals surface area contributed by atoms with Gasteiger partial charge in [-0.15, -0.1) is 0 Å². The number of benzene rings is 1. The van der Waals surface area contributed by atoms with Gasteiger partial charge in [-0.3, -0.25) is 4.79 Å². The fourth-order valence-corrected chi connectivity index (χ4v) is 2.35. The molecule has 0 saturated carbocycles. The van der Waals surface area contributed by atoms with Crippen LogP contribution in [0.5, 0.6) is 0 Å². The smallest absolute Gasteiger partial charge is 0.224 e. The number of nitrogens with one attached hydrogen (secondary N) is 1. The van der Waals surface area contributed by atoms with Crippen molar-refractivity contribution in [1.29, 1.82) is 0 Å². The molecule has 4 heteroatoms. The number of carbonyl (C=O) groups is 1. The van der Waals surface area contributed by atoms with Crippen LogP contribution in [-0.4, -0.2) is 30.4 Å². The lowest BCUT2D eigenvalue weighted by atomic mass is 10.1. The van der Waals surface area contributed by atoms with Crippen molar-refractivity contribution in [2.75, 3.05) is 24.6 Å². The molecule has 0 aliphatic heterocycles. The second-order valence-electron chi connectivity index (χ2n) is 5.79. The molecule has 0 aliphatic rings. The Morgan fingerprint density at radius 2 is 2.14 bits per heavy atom. The van der Waals surface area contributed by atoms with Crippen molar-refractivity contribution in [3.63, 3.8) is 0 Å². The van der Waals surface area contributed by atoms with E-state index in [0.717, 1.165) is 24.2 Å². The second-order valence-corrected chi connectivity index (χ2v) is 5.79. The Balaban J connectivity index is 2.36. The first-order valence-electron chi connectivity index (χ1n) is 7.80. The Labute approximate surface area is 128 Å². The summed E-state index contributed by atoms with van der Waals surface area (Å²) >= 11 is 0. The molecule has 4 nitrogen and oxygen atoms in total. The summed E-state index contributed by atoms with van der Waals surface area (Å²) in [6.07, 6.45) is 3.81. The minimum atomic E-state index is 0.0558. The lowest BCUT2D eigenvalue weighted by Crippen LogP contribution is -2.30. The number of hydrogen-bond acceptors (Lipinski definition) is 3. The number of carbonyl (C=O) groups excluding carboxylic acids is 1. The molecule has 1 aromatic carbocycles. The third-order valence-electron chi connectivity index (χ3n) is 4.02. The minimum Gasteiger partial charge on any atom is -0.398 e. The molecule has 0 radical (unpaired) electrons. The Morgan fingerprint density at radius 3 is 2.81 bits per heavy atom. The normalized spacial score (nSPS) is 12.4. The van der Waals surface area contributed by atoms with Crippen LogP contribution in [0, 0.1) is 6.92 Å². The third-order valence-corrected chi connectivity index (χ3v) is 4.02. The maximum Gasteiger partial charge on any atom is 0.224 e. The Kier molecular flexibility index (Phi) is 7.23. The van der Waals surface area contributed by atoms with Gasteiger partial charge in [-0.25, -0.2) is 0 Å². The van der Waals surface area contributed by atoms with Crippen molar-refractivity contribution in [3.05, 3.63) is 23.8 Å². The minimum absolute atomic E-state index is 0.0558. The Morgan fingerprint density at radius 1 is 1.43 bits per heavy atom. The van der Waals surface area contributed by atoms with E-state index in [1.807, 2.05) is 25.1 Å². The highest BCUT2D eigenvalue weighted by Crippen LogP contribution is 2.20. The fourth-order valence-electron chi connectivity index (χ4n) is 2.35. The summed E-state index contributed by atoms with van der Waals surface area (Å²) in [5.74, 6) is 0.0558. The molecule has 0 aromatic heterocycles. The summed E-state index contributed by atoms with van der Waals surface area (Å²) in [7, 11) is 2.13. The van der Waals surface area contributed by atoms with E-state index in [0.29, 0.717) is 18.2 Å². The van der Waals surface area contributed by atoms with Crippen LogP contribution < -0.4 is 11.1 Å². The van der Waals surface area contributed by atoms with Crippen LogP contribution in [0.1, 0.15) is 45.1 Å². The molecule has 0 bridgehead atoms. The predicted molar refractivity (Wildman–Crippen MR) is 90.5 cm³/mol. The summed E-state index contributed by atoms with van der Waals surface area (Å²) in [4.78, 5) is 14.3. The van der Waals surface area contributed by atoms with Gasteiger partial charge in [0.15, 0.2) is 0 Å². The lowest BCUT2D eigenvalue weighted by molar-refractivity contribution is -0.116. The SMILES string of the molecule is CCCC(C)N(C)CCCC(=O)Nc1cccc(N)c1C. The van der Waals surface area contributed by atoms with Crippen molar-refractivity contribution >= 4 is 17.3 Å². The van der Waals surface area contributed by atoms with Gasteiger partial charge >= 0.3 is 0 Å². The molecule has 1 aromatic rings. The zero-order valence-corrected chi connectivity index (χ0v) is 13.8. The van der Waals surface area contributed by atoms with Crippen LogP contribution >= 0.6 is 0 Å². The molecule has 21 heavy (non-hydrogen) atoms. The van der Waals surface area contributed by atoms with Gasteiger partial charge < -0.3 is 16.0 Å². The van der Waals surface area contributed by atoms with Crippen LogP contribution in [0.2, 0.25) is 0 Å². The van der Waals surface area contributed by atoms with E-state index in [1.54, 1.807) is 0 Å². The zero-order chi connectivity index (χ0) is 15.8. The van der Waals surface area contributed by atoms with Crippen molar-refractivity contribution < 1.29 is 4.79 Å². The molecule has 1 atom stereocenters. The molecule has 1 amide bonds. The van der Waals surface area contributed by atoms with E-state index >= 15 is 0 Å². The van der Waals surface area contributed by atoms with Crippen molar-refractivity contribution in [2.24, 2.45) is 0 Å². The number of nitrogens with two attached hydrogens (primary N) is 1. The molecule has 0 fully saturated rings. The Hall–Kier alpha value is -1.55. The number of nitrogen functional groups attached to an aromatic ring is 1. The van der Waals surface area contributed by atoms with Gasteiger partial charge in [0.1, 0.15) is 0 Å². The highest BCUT2D eigenvalue weighted by molar-refractivity contribution is 5.92. The molecule has 0 aliphatic carbocycles. The number of nitrogens with zero attached hydrogens (tertiary/aromatic N) is 1. The molecule has 3 N–H and O–H groups in total. The van der Waals surface area contributed by atoms with Gasteiger partial charge in [-0.1, -0.05) is 19.4 Å². The van der Waals surface area contributed by atoms with E-state index in [1.165, 1.54) is 12.8 Å². The number of rotatable bonds is 8. The summed E-state index contributed by atoms with van der Waals surface area (Å²) in [5.41, 5.74) is 8.29. The molecular formula is C17H29N3O.